The van der Waals surface area contributed by atoms with E-state index >= 15 is 0 Å². The van der Waals surface area contributed by atoms with Gasteiger partial charge in [-0.2, -0.15) is 0 Å². The second-order valence-corrected chi connectivity index (χ2v) is 2.15. The maximum absolute atomic E-state index is 10.7. The van der Waals surface area contributed by atoms with Gasteiger partial charge in [0.2, 0.25) is 5.91 Å². The van der Waals surface area contributed by atoms with Gasteiger partial charge >= 0.3 is 0 Å². The van der Waals surface area contributed by atoms with Crippen LogP contribution in [-0.4, -0.2) is 12.5 Å². The zero-order chi connectivity index (χ0) is 6.53. The Labute approximate surface area is 54.9 Å². The van der Waals surface area contributed by atoms with Crippen molar-refractivity contribution in [2.75, 3.05) is 6.54 Å². The average molecular weight is 125 g/mol. The molecular weight excluding hydrogens is 114 g/mol. The van der Waals surface area contributed by atoms with Gasteiger partial charge in [-0.15, -0.1) is 0 Å². The summed E-state index contributed by atoms with van der Waals surface area (Å²) in [4.78, 5) is 10.7. The van der Waals surface area contributed by atoms with Gasteiger partial charge in [-0.3, -0.25) is 4.79 Å². The molecule has 50 valence electrons. The summed E-state index contributed by atoms with van der Waals surface area (Å²) in [5.41, 5.74) is 0. The second kappa shape index (κ2) is 3.28. The van der Waals surface area contributed by atoms with Crippen LogP contribution in [0.1, 0.15) is 19.3 Å². The van der Waals surface area contributed by atoms with Gasteiger partial charge in [0, 0.05) is 13.0 Å². The van der Waals surface area contributed by atoms with Crippen LogP contribution in [0.25, 0.3) is 0 Å². The first-order valence-electron chi connectivity index (χ1n) is 3.31. The number of amides is 1. The molecule has 0 fully saturated rings. The Bertz CT molecular complexity index is 129. The van der Waals surface area contributed by atoms with Gasteiger partial charge in [0.15, 0.2) is 0 Å². The first-order chi connectivity index (χ1) is 4.39. The number of nitrogens with one attached hydrogen (secondary N) is 1. The monoisotopic (exact) mass is 125 g/mol. The smallest absolute Gasteiger partial charge is 0.220 e. The average Bonchev–Trinajstić information content (AvgIpc) is 1.79. The van der Waals surface area contributed by atoms with E-state index in [0.29, 0.717) is 6.42 Å². The molecule has 0 saturated carbocycles. The highest BCUT2D eigenvalue weighted by Crippen LogP contribution is 1.95. The molecule has 1 aliphatic heterocycles. The van der Waals surface area contributed by atoms with Gasteiger partial charge in [0.05, 0.1) is 0 Å². The third-order valence-electron chi connectivity index (χ3n) is 1.34. The van der Waals surface area contributed by atoms with E-state index in [4.69, 9.17) is 0 Å². The lowest BCUT2D eigenvalue weighted by Gasteiger charge is -2.03. The molecule has 1 aliphatic rings. The summed E-state index contributed by atoms with van der Waals surface area (Å²) in [6.07, 6.45) is 6.70. The lowest BCUT2D eigenvalue weighted by Crippen LogP contribution is -2.24. The van der Waals surface area contributed by atoms with Gasteiger partial charge in [-0.1, -0.05) is 12.2 Å². The van der Waals surface area contributed by atoms with Crippen LogP contribution in [0.15, 0.2) is 12.2 Å². The van der Waals surface area contributed by atoms with Gasteiger partial charge in [0.1, 0.15) is 0 Å². The highest BCUT2D eigenvalue weighted by Gasteiger charge is 1.98. The molecule has 0 aromatic carbocycles. The molecule has 0 unspecified atom stereocenters. The van der Waals surface area contributed by atoms with E-state index in [-0.39, 0.29) is 5.91 Å². The SMILES string of the molecule is O=C1CC/C=C\CCN1. The van der Waals surface area contributed by atoms with Gasteiger partial charge < -0.3 is 5.32 Å². The van der Waals surface area contributed by atoms with Crippen molar-refractivity contribution in [3.8, 4) is 0 Å². The molecule has 0 saturated heterocycles. The summed E-state index contributed by atoms with van der Waals surface area (Å²) in [5.74, 6) is 0.180. The number of carbonyl (C=O) groups excluding carboxylic acids is 1. The quantitative estimate of drug-likeness (QED) is 0.477. The Balaban J connectivity index is 2.35. The van der Waals surface area contributed by atoms with Crippen molar-refractivity contribution < 1.29 is 4.79 Å². The molecule has 0 bridgehead atoms. The van der Waals surface area contributed by atoms with Crippen molar-refractivity contribution in [2.45, 2.75) is 19.3 Å². The fourth-order valence-corrected chi connectivity index (χ4v) is 0.833. The van der Waals surface area contributed by atoms with E-state index in [1.807, 2.05) is 0 Å². The predicted octanol–water partition coefficient (Wildman–Crippen LogP) is 0.843. The topological polar surface area (TPSA) is 29.1 Å². The van der Waals surface area contributed by atoms with E-state index in [9.17, 15) is 4.79 Å². The van der Waals surface area contributed by atoms with E-state index in [0.717, 1.165) is 19.4 Å². The van der Waals surface area contributed by atoms with Crippen LogP contribution in [0.5, 0.6) is 0 Å². The summed E-state index contributed by atoms with van der Waals surface area (Å²) >= 11 is 0. The first kappa shape index (κ1) is 6.33. The number of carbonyl (C=O) groups is 1. The standard InChI is InChI=1S/C7H11NO/c9-7-5-3-1-2-4-6-8-7/h1-2H,3-6H2,(H,8,9)/b2-1-. The Hall–Kier alpha value is -0.790. The van der Waals surface area contributed by atoms with Crippen LogP contribution < -0.4 is 5.32 Å². The molecule has 0 atom stereocenters. The zero-order valence-corrected chi connectivity index (χ0v) is 5.39. The first-order valence-corrected chi connectivity index (χ1v) is 3.31. The fourth-order valence-electron chi connectivity index (χ4n) is 0.833. The van der Waals surface area contributed by atoms with Crippen molar-refractivity contribution in [1.82, 2.24) is 5.32 Å². The minimum Gasteiger partial charge on any atom is -0.356 e. The highest BCUT2D eigenvalue weighted by molar-refractivity contribution is 5.76. The van der Waals surface area contributed by atoms with Crippen molar-refractivity contribution in [1.29, 1.82) is 0 Å². The molecule has 2 nitrogen and oxygen atoms in total. The van der Waals surface area contributed by atoms with Crippen LogP contribution in [-0.2, 0) is 4.79 Å². The summed E-state index contributed by atoms with van der Waals surface area (Å²) < 4.78 is 0. The molecule has 9 heavy (non-hydrogen) atoms. The number of hydrogen-bond donors (Lipinski definition) is 1. The highest BCUT2D eigenvalue weighted by atomic mass is 16.1. The molecule has 1 amide bonds. The van der Waals surface area contributed by atoms with Gasteiger partial charge in [0.25, 0.3) is 0 Å². The molecule has 1 N–H and O–H groups in total. The Morgan fingerprint density at radius 3 is 3.00 bits per heavy atom. The van der Waals surface area contributed by atoms with E-state index in [1.54, 1.807) is 0 Å². The largest absolute Gasteiger partial charge is 0.356 e. The summed E-state index contributed by atoms with van der Waals surface area (Å²) in [5, 5.41) is 2.79. The van der Waals surface area contributed by atoms with Gasteiger partial charge in [-0.05, 0) is 12.8 Å². The van der Waals surface area contributed by atoms with Crippen molar-refractivity contribution >= 4 is 5.91 Å². The third-order valence-corrected chi connectivity index (χ3v) is 1.34. The molecule has 0 radical (unpaired) electrons. The third kappa shape index (κ3) is 2.31. The van der Waals surface area contributed by atoms with E-state index in [2.05, 4.69) is 17.5 Å². The number of hydrogen-bond acceptors (Lipinski definition) is 1. The Morgan fingerprint density at radius 1 is 1.33 bits per heavy atom. The molecule has 2 heteroatoms. The summed E-state index contributed by atoms with van der Waals surface area (Å²) in [6, 6.07) is 0. The van der Waals surface area contributed by atoms with Crippen LogP contribution in [0.3, 0.4) is 0 Å². The summed E-state index contributed by atoms with van der Waals surface area (Å²) in [6.45, 7) is 0.801. The van der Waals surface area contributed by atoms with Crippen molar-refractivity contribution in [3.63, 3.8) is 0 Å². The summed E-state index contributed by atoms with van der Waals surface area (Å²) in [7, 11) is 0. The van der Waals surface area contributed by atoms with Gasteiger partial charge in [-0.25, -0.2) is 0 Å². The molecule has 0 aromatic rings. The van der Waals surface area contributed by atoms with Crippen LogP contribution in [0.2, 0.25) is 0 Å². The molecular formula is C7H11NO. The number of allylic oxidation sites excluding steroid dienone is 1. The lowest BCUT2D eigenvalue weighted by molar-refractivity contribution is -0.121. The molecule has 0 aliphatic carbocycles. The fraction of sp³-hybridized carbons (Fsp3) is 0.571. The number of rotatable bonds is 0. The minimum atomic E-state index is 0.180. The van der Waals surface area contributed by atoms with E-state index in [1.165, 1.54) is 0 Å². The van der Waals surface area contributed by atoms with Crippen molar-refractivity contribution in [3.05, 3.63) is 12.2 Å². The normalized spacial score (nSPS) is 23.8. The van der Waals surface area contributed by atoms with Crippen molar-refractivity contribution in [2.24, 2.45) is 0 Å². The predicted molar refractivity (Wildman–Crippen MR) is 36.0 cm³/mol. The molecule has 1 rings (SSSR count). The van der Waals surface area contributed by atoms with Crippen LogP contribution >= 0.6 is 0 Å². The van der Waals surface area contributed by atoms with E-state index < -0.39 is 0 Å². The second-order valence-electron chi connectivity index (χ2n) is 2.15. The Kier molecular flexibility index (Phi) is 2.31. The zero-order valence-electron chi connectivity index (χ0n) is 5.39. The Morgan fingerprint density at radius 2 is 2.11 bits per heavy atom. The van der Waals surface area contributed by atoms with Crippen LogP contribution in [0, 0.1) is 0 Å². The molecule has 0 aromatic heterocycles. The van der Waals surface area contributed by atoms with Crippen LogP contribution in [0.4, 0.5) is 0 Å². The molecule has 1 heterocycles. The minimum absolute atomic E-state index is 0.180. The molecule has 0 spiro atoms. The lowest BCUT2D eigenvalue weighted by atomic mass is 10.2. The maximum atomic E-state index is 10.7. The maximum Gasteiger partial charge on any atom is 0.220 e.